The first kappa shape index (κ1) is 6.82. The Kier molecular flexibility index (Phi) is 2.07. The summed E-state index contributed by atoms with van der Waals surface area (Å²) in [5.74, 6) is 0.137. The summed E-state index contributed by atoms with van der Waals surface area (Å²) in [5, 5.41) is 8.84. The molecule has 0 aliphatic heterocycles. The van der Waals surface area contributed by atoms with Gasteiger partial charge >= 0.3 is 0 Å². The minimum Gasteiger partial charge on any atom is -0.378 e. The van der Waals surface area contributed by atoms with Gasteiger partial charge in [0.25, 0.3) is 0 Å². The van der Waals surface area contributed by atoms with Crippen molar-refractivity contribution in [2.45, 2.75) is 6.10 Å². The van der Waals surface area contributed by atoms with Gasteiger partial charge in [0.15, 0.2) is 18.2 Å². The van der Waals surface area contributed by atoms with E-state index >= 15 is 0 Å². The molecule has 1 rings (SSSR count). The minimum absolute atomic E-state index is 0.137. The van der Waals surface area contributed by atoms with Gasteiger partial charge in [0, 0.05) is 12.4 Å². The summed E-state index contributed by atoms with van der Waals surface area (Å²) in [5.41, 5.74) is 0. The largest absolute Gasteiger partial charge is 0.378 e. The van der Waals surface area contributed by atoms with Gasteiger partial charge in [-0.2, -0.15) is 0 Å². The van der Waals surface area contributed by atoms with E-state index in [1.165, 1.54) is 12.4 Å². The maximum absolute atomic E-state index is 9.98. The van der Waals surface area contributed by atoms with Gasteiger partial charge < -0.3 is 5.11 Å². The standard InChI is InChI=1S/C6H6N2O2/c9-4-5(10)6-7-2-1-3-8-6/h1-5,10H. The fourth-order valence-electron chi connectivity index (χ4n) is 0.524. The average Bonchev–Trinajstić information content (AvgIpc) is 2.05. The van der Waals surface area contributed by atoms with E-state index in [-0.39, 0.29) is 5.82 Å². The van der Waals surface area contributed by atoms with Crippen LogP contribution in [0.15, 0.2) is 18.5 Å². The molecule has 4 nitrogen and oxygen atoms in total. The number of aliphatic hydroxyl groups is 1. The summed E-state index contributed by atoms with van der Waals surface area (Å²) in [6.07, 6.45) is 2.13. The SMILES string of the molecule is O=CC(O)c1ncccn1. The van der Waals surface area contributed by atoms with Crippen molar-refractivity contribution in [3.63, 3.8) is 0 Å². The molecule has 4 heteroatoms. The molecule has 1 heterocycles. The molecule has 0 saturated heterocycles. The van der Waals surface area contributed by atoms with Crippen LogP contribution >= 0.6 is 0 Å². The smallest absolute Gasteiger partial charge is 0.168 e. The normalized spacial score (nSPS) is 12.5. The third-order valence-corrected chi connectivity index (χ3v) is 0.979. The second kappa shape index (κ2) is 3.03. The van der Waals surface area contributed by atoms with Crippen LogP contribution in [0, 0.1) is 0 Å². The van der Waals surface area contributed by atoms with Crippen LogP contribution in [0.5, 0.6) is 0 Å². The molecule has 1 aromatic rings. The summed E-state index contributed by atoms with van der Waals surface area (Å²) < 4.78 is 0. The number of hydrogen-bond acceptors (Lipinski definition) is 4. The number of carbonyl (C=O) groups is 1. The van der Waals surface area contributed by atoms with E-state index in [0.717, 1.165) is 0 Å². The molecule has 1 aromatic heterocycles. The first-order chi connectivity index (χ1) is 4.84. The molecular formula is C6H6N2O2. The molecule has 1 atom stereocenters. The molecule has 1 N–H and O–H groups in total. The quantitative estimate of drug-likeness (QED) is 0.570. The molecule has 0 aromatic carbocycles. The molecule has 0 aliphatic rings. The lowest BCUT2D eigenvalue weighted by Gasteiger charge is -1.97. The molecule has 0 radical (unpaired) electrons. The van der Waals surface area contributed by atoms with Crippen LogP contribution in [-0.2, 0) is 4.79 Å². The zero-order chi connectivity index (χ0) is 7.40. The highest BCUT2D eigenvalue weighted by molar-refractivity contribution is 5.56. The Morgan fingerprint density at radius 3 is 2.60 bits per heavy atom. The van der Waals surface area contributed by atoms with Crippen molar-refractivity contribution < 1.29 is 9.90 Å². The fraction of sp³-hybridized carbons (Fsp3) is 0.167. The van der Waals surface area contributed by atoms with Crippen molar-refractivity contribution in [3.8, 4) is 0 Å². The molecule has 10 heavy (non-hydrogen) atoms. The van der Waals surface area contributed by atoms with Gasteiger partial charge in [-0.25, -0.2) is 9.97 Å². The van der Waals surface area contributed by atoms with E-state index in [4.69, 9.17) is 5.11 Å². The van der Waals surface area contributed by atoms with Gasteiger partial charge in [-0.3, -0.25) is 4.79 Å². The van der Waals surface area contributed by atoms with Gasteiger partial charge in [0.1, 0.15) is 0 Å². The van der Waals surface area contributed by atoms with Crippen LogP contribution in [0.4, 0.5) is 0 Å². The minimum atomic E-state index is -1.19. The highest BCUT2D eigenvalue weighted by atomic mass is 16.3. The lowest BCUT2D eigenvalue weighted by molar-refractivity contribution is -0.115. The molecule has 52 valence electrons. The number of aromatic nitrogens is 2. The fourth-order valence-corrected chi connectivity index (χ4v) is 0.524. The first-order valence-corrected chi connectivity index (χ1v) is 2.75. The molecule has 0 saturated carbocycles. The van der Waals surface area contributed by atoms with Crippen molar-refractivity contribution in [3.05, 3.63) is 24.3 Å². The van der Waals surface area contributed by atoms with Crippen molar-refractivity contribution in [1.82, 2.24) is 9.97 Å². The number of carbonyl (C=O) groups excluding carboxylic acids is 1. The van der Waals surface area contributed by atoms with Crippen LogP contribution in [0.2, 0.25) is 0 Å². The van der Waals surface area contributed by atoms with Crippen molar-refractivity contribution in [2.75, 3.05) is 0 Å². The number of nitrogens with zero attached hydrogens (tertiary/aromatic N) is 2. The zero-order valence-corrected chi connectivity index (χ0v) is 5.14. The van der Waals surface area contributed by atoms with Crippen molar-refractivity contribution >= 4 is 6.29 Å². The van der Waals surface area contributed by atoms with Gasteiger partial charge in [0.2, 0.25) is 0 Å². The van der Waals surface area contributed by atoms with Crippen LogP contribution in [0.3, 0.4) is 0 Å². The van der Waals surface area contributed by atoms with E-state index in [1.807, 2.05) is 0 Å². The summed E-state index contributed by atoms with van der Waals surface area (Å²) in [4.78, 5) is 17.3. The van der Waals surface area contributed by atoms with Crippen LogP contribution in [-0.4, -0.2) is 21.4 Å². The number of rotatable bonds is 2. The molecular weight excluding hydrogens is 132 g/mol. The predicted octanol–water partition coefficient (Wildman–Crippen LogP) is -0.291. The number of aldehydes is 1. The number of hydrogen-bond donors (Lipinski definition) is 1. The average molecular weight is 138 g/mol. The topological polar surface area (TPSA) is 63.1 Å². The summed E-state index contributed by atoms with van der Waals surface area (Å²) >= 11 is 0. The molecule has 0 bridgehead atoms. The van der Waals surface area contributed by atoms with E-state index in [2.05, 4.69) is 9.97 Å². The summed E-state index contributed by atoms with van der Waals surface area (Å²) in [7, 11) is 0. The van der Waals surface area contributed by atoms with Crippen molar-refractivity contribution in [1.29, 1.82) is 0 Å². The predicted molar refractivity (Wildman–Crippen MR) is 33.1 cm³/mol. The third kappa shape index (κ3) is 1.35. The van der Waals surface area contributed by atoms with Gasteiger partial charge in [0.05, 0.1) is 0 Å². The van der Waals surface area contributed by atoms with E-state index in [1.54, 1.807) is 6.07 Å². The molecule has 0 spiro atoms. The monoisotopic (exact) mass is 138 g/mol. The molecule has 0 amide bonds. The van der Waals surface area contributed by atoms with E-state index in [9.17, 15) is 4.79 Å². The van der Waals surface area contributed by atoms with Gasteiger partial charge in [-0.15, -0.1) is 0 Å². The maximum Gasteiger partial charge on any atom is 0.168 e. The highest BCUT2D eigenvalue weighted by Crippen LogP contribution is 1.99. The second-order valence-electron chi connectivity index (χ2n) is 1.69. The van der Waals surface area contributed by atoms with Crippen LogP contribution in [0.25, 0.3) is 0 Å². The number of aliphatic hydroxyl groups excluding tert-OH is 1. The summed E-state index contributed by atoms with van der Waals surface area (Å²) in [6, 6.07) is 1.61. The lowest BCUT2D eigenvalue weighted by atomic mass is 10.4. The van der Waals surface area contributed by atoms with Crippen molar-refractivity contribution in [2.24, 2.45) is 0 Å². The van der Waals surface area contributed by atoms with Gasteiger partial charge in [-0.05, 0) is 6.07 Å². The van der Waals surface area contributed by atoms with Gasteiger partial charge in [-0.1, -0.05) is 0 Å². The Hall–Kier alpha value is -1.29. The highest BCUT2D eigenvalue weighted by Gasteiger charge is 2.05. The zero-order valence-electron chi connectivity index (χ0n) is 5.14. The van der Waals surface area contributed by atoms with E-state index < -0.39 is 6.10 Å². The molecule has 1 unspecified atom stereocenters. The van der Waals surface area contributed by atoms with Crippen LogP contribution in [0.1, 0.15) is 11.9 Å². The Labute approximate surface area is 57.6 Å². The Morgan fingerprint density at radius 1 is 1.50 bits per heavy atom. The first-order valence-electron chi connectivity index (χ1n) is 2.75. The Morgan fingerprint density at radius 2 is 2.10 bits per heavy atom. The lowest BCUT2D eigenvalue weighted by Crippen LogP contribution is -2.02. The second-order valence-corrected chi connectivity index (χ2v) is 1.69. The maximum atomic E-state index is 9.98. The Bertz CT molecular complexity index is 212. The third-order valence-electron chi connectivity index (χ3n) is 0.979. The molecule has 0 fully saturated rings. The van der Waals surface area contributed by atoms with E-state index in [0.29, 0.717) is 6.29 Å². The summed E-state index contributed by atoms with van der Waals surface area (Å²) in [6.45, 7) is 0. The Balaban J connectivity index is 2.84. The molecule has 0 aliphatic carbocycles. The van der Waals surface area contributed by atoms with Crippen LogP contribution < -0.4 is 0 Å².